The van der Waals surface area contributed by atoms with Gasteiger partial charge in [0.05, 0.1) is 6.42 Å². The molecule has 0 heterocycles. The zero-order chi connectivity index (χ0) is 11.1. The number of ketones is 1. The number of carbonyl (C=O) groups is 1. The molecule has 0 aliphatic carbocycles. The third-order valence-corrected chi connectivity index (χ3v) is 2.26. The molecule has 0 aliphatic heterocycles. The molecule has 0 amide bonds. The van der Waals surface area contributed by atoms with E-state index in [2.05, 4.69) is 5.92 Å². The lowest BCUT2D eigenvalue weighted by molar-refractivity contribution is -0.118. The summed E-state index contributed by atoms with van der Waals surface area (Å²) in [7, 11) is 0. The first-order valence-electron chi connectivity index (χ1n) is 4.99. The van der Waals surface area contributed by atoms with Crippen LogP contribution in [0.15, 0.2) is 30.3 Å². The van der Waals surface area contributed by atoms with Gasteiger partial charge in [0.2, 0.25) is 0 Å². The Bertz CT molecular complexity index is 351. The molecule has 2 N–H and O–H groups in total. The molecule has 0 aliphatic rings. The van der Waals surface area contributed by atoms with Crippen molar-refractivity contribution in [3.05, 3.63) is 35.9 Å². The standard InChI is InChI=1S/C13H15NO/c1-2-6-12(15)9-10-13(14)11-7-4-3-5-8-11/h1,3-5,7-8,13H,6,9-10,14H2. The lowest BCUT2D eigenvalue weighted by Crippen LogP contribution is -2.12. The van der Waals surface area contributed by atoms with Crippen molar-refractivity contribution in [1.29, 1.82) is 0 Å². The number of rotatable bonds is 5. The highest BCUT2D eigenvalue weighted by molar-refractivity contribution is 5.80. The number of nitrogens with two attached hydrogens (primary N) is 1. The van der Waals surface area contributed by atoms with Crippen LogP contribution in [0.4, 0.5) is 0 Å². The van der Waals surface area contributed by atoms with E-state index in [1.165, 1.54) is 0 Å². The molecule has 2 nitrogen and oxygen atoms in total. The average Bonchev–Trinajstić information content (AvgIpc) is 2.27. The van der Waals surface area contributed by atoms with Crippen LogP contribution in [0.5, 0.6) is 0 Å². The number of hydrogen-bond donors (Lipinski definition) is 1. The molecule has 0 fully saturated rings. The van der Waals surface area contributed by atoms with Crippen LogP contribution in [0.25, 0.3) is 0 Å². The van der Waals surface area contributed by atoms with E-state index in [9.17, 15) is 4.79 Å². The van der Waals surface area contributed by atoms with Crippen LogP contribution in [0.3, 0.4) is 0 Å². The normalized spacial score (nSPS) is 11.7. The molecule has 0 spiro atoms. The number of benzene rings is 1. The number of hydrogen-bond acceptors (Lipinski definition) is 2. The molecular formula is C13H15NO. The summed E-state index contributed by atoms with van der Waals surface area (Å²) in [6.45, 7) is 0. The predicted octanol–water partition coefficient (Wildman–Crippen LogP) is 2.06. The van der Waals surface area contributed by atoms with Crippen LogP contribution in [0, 0.1) is 12.3 Å². The molecule has 1 aromatic rings. The molecule has 1 aromatic carbocycles. The van der Waals surface area contributed by atoms with Crippen LogP contribution in [0.1, 0.15) is 30.9 Å². The van der Waals surface area contributed by atoms with Crippen molar-refractivity contribution >= 4 is 5.78 Å². The maximum atomic E-state index is 11.2. The minimum Gasteiger partial charge on any atom is -0.324 e. The van der Waals surface area contributed by atoms with Gasteiger partial charge in [-0.1, -0.05) is 36.3 Å². The summed E-state index contributed by atoms with van der Waals surface area (Å²) in [6, 6.07) is 9.69. The summed E-state index contributed by atoms with van der Waals surface area (Å²) in [4.78, 5) is 11.2. The van der Waals surface area contributed by atoms with Gasteiger partial charge in [-0.15, -0.1) is 6.42 Å². The highest BCUT2D eigenvalue weighted by Gasteiger charge is 2.07. The molecule has 78 valence electrons. The van der Waals surface area contributed by atoms with E-state index >= 15 is 0 Å². The maximum absolute atomic E-state index is 11.2. The second-order valence-corrected chi connectivity index (χ2v) is 3.48. The zero-order valence-corrected chi connectivity index (χ0v) is 8.65. The lowest BCUT2D eigenvalue weighted by atomic mass is 10.0. The molecule has 0 bridgehead atoms. The van der Waals surface area contributed by atoms with Gasteiger partial charge in [0.25, 0.3) is 0 Å². The maximum Gasteiger partial charge on any atom is 0.144 e. The van der Waals surface area contributed by atoms with Crippen LogP contribution < -0.4 is 5.73 Å². The number of carbonyl (C=O) groups excluding carboxylic acids is 1. The number of terminal acetylenes is 1. The second kappa shape index (κ2) is 6.00. The summed E-state index contributed by atoms with van der Waals surface area (Å²) in [5.74, 6) is 2.43. The van der Waals surface area contributed by atoms with Crippen molar-refractivity contribution < 1.29 is 4.79 Å². The minimum absolute atomic E-state index is 0.0760. The Balaban J connectivity index is 2.41. The van der Waals surface area contributed by atoms with Gasteiger partial charge in [0, 0.05) is 12.5 Å². The third kappa shape index (κ3) is 3.97. The zero-order valence-electron chi connectivity index (χ0n) is 8.65. The van der Waals surface area contributed by atoms with Crippen molar-refractivity contribution in [3.8, 4) is 12.3 Å². The summed E-state index contributed by atoms with van der Waals surface area (Å²) in [5, 5.41) is 0. The van der Waals surface area contributed by atoms with E-state index in [0.717, 1.165) is 5.56 Å². The molecule has 1 atom stereocenters. The Morgan fingerprint density at radius 1 is 1.40 bits per heavy atom. The number of Topliss-reactive ketones (excluding diaryl/α,β-unsaturated/α-hetero) is 1. The van der Waals surface area contributed by atoms with Gasteiger partial charge < -0.3 is 5.73 Å². The van der Waals surface area contributed by atoms with Crippen molar-refractivity contribution in [2.75, 3.05) is 0 Å². The van der Waals surface area contributed by atoms with E-state index in [4.69, 9.17) is 12.2 Å². The third-order valence-electron chi connectivity index (χ3n) is 2.26. The van der Waals surface area contributed by atoms with E-state index in [1.54, 1.807) is 0 Å². The van der Waals surface area contributed by atoms with Gasteiger partial charge in [-0.25, -0.2) is 0 Å². The van der Waals surface area contributed by atoms with Gasteiger partial charge in [0.1, 0.15) is 5.78 Å². The van der Waals surface area contributed by atoms with Gasteiger partial charge in [-0.2, -0.15) is 0 Å². The van der Waals surface area contributed by atoms with Gasteiger partial charge in [-0.05, 0) is 12.0 Å². The molecule has 1 rings (SSSR count). The second-order valence-electron chi connectivity index (χ2n) is 3.48. The fraction of sp³-hybridized carbons (Fsp3) is 0.308. The van der Waals surface area contributed by atoms with E-state index in [1.807, 2.05) is 30.3 Å². The Hall–Kier alpha value is -1.59. The highest BCUT2D eigenvalue weighted by Crippen LogP contribution is 2.15. The molecular weight excluding hydrogens is 186 g/mol. The monoisotopic (exact) mass is 201 g/mol. The first kappa shape index (κ1) is 11.5. The predicted molar refractivity (Wildman–Crippen MR) is 61.1 cm³/mol. The van der Waals surface area contributed by atoms with Crippen molar-refractivity contribution in [3.63, 3.8) is 0 Å². The molecule has 0 saturated carbocycles. The minimum atomic E-state index is -0.0760. The fourth-order valence-electron chi connectivity index (χ4n) is 1.39. The molecule has 0 radical (unpaired) electrons. The Labute approximate surface area is 90.5 Å². The largest absolute Gasteiger partial charge is 0.324 e. The molecule has 1 unspecified atom stereocenters. The first-order chi connectivity index (χ1) is 7.24. The van der Waals surface area contributed by atoms with E-state index < -0.39 is 0 Å². The van der Waals surface area contributed by atoms with Crippen molar-refractivity contribution in [1.82, 2.24) is 0 Å². The topological polar surface area (TPSA) is 43.1 Å². The van der Waals surface area contributed by atoms with Gasteiger partial charge in [0.15, 0.2) is 0 Å². The van der Waals surface area contributed by atoms with Crippen molar-refractivity contribution in [2.45, 2.75) is 25.3 Å². The lowest BCUT2D eigenvalue weighted by Gasteiger charge is -2.10. The van der Waals surface area contributed by atoms with Gasteiger partial charge in [-0.3, -0.25) is 4.79 Å². The summed E-state index contributed by atoms with van der Waals surface area (Å²) >= 11 is 0. The smallest absolute Gasteiger partial charge is 0.144 e. The first-order valence-corrected chi connectivity index (χ1v) is 4.99. The van der Waals surface area contributed by atoms with Crippen LogP contribution >= 0.6 is 0 Å². The molecule has 2 heteroatoms. The molecule has 0 aromatic heterocycles. The van der Waals surface area contributed by atoms with E-state index in [-0.39, 0.29) is 18.2 Å². The van der Waals surface area contributed by atoms with Crippen LogP contribution in [0.2, 0.25) is 0 Å². The Kier molecular flexibility index (Phi) is 4.59. The fourth-order valence-corrected chi connectivity index (χ4v) is 1.39. The summed E-state index contributed by atoms with van der Waals surface area (Å²) in [5.41, 5.74) is 7.00. The van der Waals surface area contributed by atoms with E-state index in [0.29, 0.717) is 12.8 Å². The van der Waals surface area contributed by atoms with Crippen LogP contribution in [-0.2, 0) is 4.79 Å². The molecule has 15 heavy (non-hydrogen) atoms. The average molecular weight is 201 g/mol. The molecule has 0 saturated heterocycles. The Morgan fingerprint density at radius 2 is 2.07 bits per heavy atom. The van der Waals surface area contributed by atoms with Crippen LogP contribution in [-0.4, -0.2) is 5.78 Å². The summed E-state index contributed by atoms with van der Waals surface area (Å²) in [6.07, 6.45) is 6.37. The quantitative estimate of drug-likeness (QED) is 0.741. The van der Waals surface area contributed by atoms with Crippen molar-refractivity contribution in [2.24, 2.45) is 5.73 Å². The highest BCUT2D eigenvalue weighted by atomic mass is 16.1. The Morgan fingerprint density at radius 3 is 2.67 bits per heavy atom. The summed E-state index contributed by atoms with van der Waals surface area (Å²) < 4.78 is 0. The SMILES string of the molecule is C#CCC(=O)CCC(N)c1ccccc1. The van der Waals surface area contributed by atoms with Gasteiger partial charge >= 0.3 is 0 Å².